The standard InChI is InChI=1S/C40H44FN5O8S2/c1-44-19-16-30(27-55-32-9-4-3-5-10-32)42-37-34(39(48)54-23-22-44)24-33(25-36(37)46(49)50)56(51,52)43-38(47)28-12-14-31(15-13-28)45-20-17-40(53-2,18-21-45)26-29-8-6-7-11-35(29)41/h3-15,24-25,30,42H,16-23,26-27H2,1-2H3,(H,43,47)/t30-/m1/s1. The van der Waals surface area contributed by atoms with Gasteiger partial charge < -0.3 is 24.6 Å². The molecule has 0 aromatic heterocycles. The van der Waals surface area contributed by atoms with Crippen molar-refractivity contribution in [3.8, 4) is 0 Å². The maximum Gasteiger partial charge on any atom is 0.340 e. The van der Waals surface area contributed by atoms with Gasteiger partial charge >= 0.3 is 5.97 Å². The lowest BCUT2D eigenvalue weighted by Crippen LogP contribution is -2.47. The highest BCUT2D eigenvalue weighted by atomic mass is 32.2. The number of cyclic esters (lactones) is 1. The quantitative estimate of drug-likeness (QED) is 0.0772. The van der Waals surface area contributed by atoms with Gasteiger partial charge in [-0.2, -0.15) is 0 Å². The molecule has 0 radical (unpaired) electrons. The number of nitro benzene ring substituents is 1. The monoisotopic (exact) mass is 805 g/mol. The number of anilines is 2. The number of thioether (sulfide) groups is 1. The number of fused-ring (bicyclic) bond motifs is 1. The summed E-state index contributed by atoms with van der Waals surface area (Å²) in [6.07, 6.45) is 2.28. The number of nitro groups is 1. The van der Waals surface area contributed by atoms with Gasteiger partial charge in [-0.25, -0.2) is 22.3 Å². The van der Waals surface area contributed by atoms with E-state index in [1.54, 1.807) is 49.2 Å². The molecule has 1 saturated heterocycles. The summed E-state index contributed by atoms with van der Waals surface area (Å²) in [5.41, 5.74) is -0.225. The van der Waals surface area contributed by atoms with Crippen LogP contribution in [0.3, 0.4) is 0 Å². The number of methoxy groups -OCH3 is 1. The lowest BCUT2D eigenvalue weighted by atomic mass is 9.84. The lowest BCUT2D eigenvalue weighted by molar-refractivity contribution is -0.384. The van der Waals surface area contributed by atoms with Gasteiger partial charge in [0.25, 0.3) is 21.6 Å². The van der Waals surface area contributed by atoms with Crippen molar-refractivity contribution in [1.29, 1.82) is 0 Å². The van der Waals surface area contributed by atoms with Crippen LogP contribution in [0.1, 0.15) is 45.5 Å². The Kier molecular flexibility index (Phi) is 12.9. The van der Waals surface area contributed by atoms with Crippen molar-refractivity contribution in [2.45, 2.75) is 47.1 Å². The van der Waals surface area contributed by atoms with Crippen LogP contribution in [-0.2, 0) is 25.9 Å². The number of hydrogen-bond donors (Lipinski definition) is 2. The highest BCUT2D eigenvalue weighted by Crippen LogP contribution is 2.36. The van der Waals surface area contributed by atoms with Gasteiger partial charge in [0.05, 0.1) is 21.0 Å². The summed E-state index contributed by atoms with van der Waals surface area (Å²) in [5, 5.41) is 15.6. The number of carbonyl (C=O) groups is 2. The number of rotatable bonds is 11. The Morgan fingerprint density at radius 1 is 1.04 bits per heavy atom. The molecule has 16 heteroatoms. The summed E-state index contributed by atoms with van der Waals surface area (Å²) >= 11 is 1.54. The molecular weight excluding hydrogens is 762 g/mol. The van der Waals surface area contributed by atoms with Gasteiger partial charge in [0.2, 0.25) is 0 Å². The number of halogens is 1. The van der Waals surface area contributed by atoms with E-state index >= 15 is 0 Å². The van der Waals surface area contributed by atoms with Crippen LogP contribution < -0.4 is 14.9 Å². The van der Waals surface area contributed by atoms with Crippen molar-refractivity contribution >= 4 is 50.7 Å². The Morgan fingerprint density at radius 2 is 1.73 bits per heavy atom. The Bertz CT molecular complexity index is 2150. The zero-order chi connectivity index (χ0) is 39.9. The number of amides is 1. The van der Waals surface area contributed by atoms with Gasteiger partial charge in [-0.15, -0.1) is 11.8 Å². The molecule has 0 aliphatic carbocycles. The third-order valence-corrected chi connectivity index (χ3v) is 12.7. The molecule has 1 fully saturated rings. The van der Waals surface area contributed by atoms with E-state index in [2.05, 4.69) is 10.2 Å². The van der Waals surface area contributed by atoms with Gasteiger partial charge in [-0.05, 0) is 86.9 Å². The molecule has 4 aromatic carbocycles. The largest absolute Gasteiger partial charge is 0.461 e. The van der Waals surface area contributed by atoms with Gasteiger partial charge in [0.1, 0.15) is 18.1 Å². The van der Waals surface area contributed by atoms with Crippen molar-refractivity contribution in [1.82, 2.24) is 9.62 Å². The molecule has 0 bridgehead atoms. The van der Waals surface area contributed by atoms with Crippen LogP contribution in [0, 0.1) is 15.9 Å². The fourth-order valence-corrected chi connectivity index (χ4v) is 8.88. The van der Waals surface area contributed by atoms with Crippen molar-refractivity contribution in [3.63, 3.8) is 0 Å². The number of carbonyl (C=O) groups excluding carboxylic acids is 2. The van der Waals surface area contributed by atoms with Crippen LogP contribution in [0.4, 0.5) is 21.5 Å². The minimum absolute atomic E-state index is 0.0198. The normalized spacial score (nSPS) is 17.8. The maximum absolute atomic E-state index is 14.4. The lowest BCUT2D eigenvalue weighted by Gasteiger charge is -2.42. The minimum atomic E-state index is -4.71. The van der Waals surface area contributed by atoms with E-state index in [4.69, 9.17) is 9.47 Å². The van der Waals surface area contributed by atoms with Crippen molar-refractivity contribution in [2.75, 3.05) is 62.9 Å². The van der Waals surface area contributed by atoms with Gasteiger partial charge in [-0.3, -0.25) is 14.9 Å². The molecule has 13 nitrogen and oxygen atoms in total. The number of benzene rings is 4. The van der Waals surface area contributed by atoms with Gasteiger partial charge in [0, 0.05) is 67.2 Å². The number of esters is 1. The number of likely N-dealkylation sites (N-methyl/N-ethyl adjacent to an activating group) is 1. The summed E-state index contributed by atoms with van der Waals surface area (Å²) in [5.74, 6) is -1.67. The molecule has 0 unspecified atom stereocenters. The molecule has 1 amide bonds. The number of nitrogens with zero attached hydrogens (tertiary/aromatic N) is 3. The zero-order valence-electron chi connectivity index (χ0n) is 31.1. The third kappa shape index (κ3) is 9.85. The second kappa shape index (κ2) is 17.8. The van der Waals surface area contributed by atoms with E-state index in [9.17, 15) is 32.5 Å². The summed E-state index contributed by atoms with van der Waals surface area (Å²) in [4.78, 5) is 42.9. The van der Waals surface area contributed by atoms with E-state index in [0.717, 1.165) is 22.7 Å². The van der Waals surface area contributed by atoms with Crippen LogP contribution in [0.2, 0.25) is 0 Å². The van der Waals surface area contributed by atoms with E-state index in [-0.39, 0.29) is 35.3 Å². The SMILES string of the molecule is COC1(Cc2ccccc2F)CCN(c2ccc(C(=O)NS(=O)(=O)c3cc4c(c([N+](=O)[O-])c3)N[C@@H](CSc3ccccc3)CCN(C)CCOC4=O)cc2)CC1. The average molecular weight is 806 g/mol. The summed E-state index contributed by atoms with van der Waals surface area (Å²) < 4.78 is 55.1. The minimum Gasteiger partial charge on any atom is -0.461 e. The molecule has 2 aliphatic heterocycles. The first kappa shape index (κ1) is 40.6. The van der Waals surface area contributed by atoms with E-state index in [1.165, 1.54) is 18.2 Å². The van der Waals surface area contributed by atoms with Gasteiger partial charge in [-0.1, -0.05) is 36.4 Å². The smallest absolute Gasteiger partial charge is 0.340 e. The molecule has 0 spiro atoms. The highest BCUT2D eigenvalue weighted by molar-refractivity contribution is 7.99. The Hall–Kier alpha value is -5.03. The van der Waals surface area contributed by atoms with Crippen LogP contribution in [0.15, 0.2) is 101 Å². The van der Waals surface area contributed by atoms with Crippen LogP contribution in [-0.4, -0.2) is 94.5 Å². The summed E-state index contributed by atoms with van der Waals surface area (Å²) in [6.45, 7) is 2.21. The molecular formula is C40H44FN5O8S2. The molecule has 4 aromatic rings. The summed E-state index contributed by atoms with van der Waals surface area (Å²) in [7, 11) is -1.20. The number of hydrogen-bond acceptors (Lipinski definition) is 12. The molecule has 2 N–H and O–H groups in total. The molecule has 6 rings (SSSR count). The number of sulfonamides is 1. The Balaban J connectivity index is 1.18. The van der Waals surface area contributed by atoms with Crippen molar-refractivity contribution in [2.24, 2.45) is 0 Å². The summed E-state index contributed by atoms with van der Waals surface area (Å²) in [6, 6.07) is 24.2. The first-order chi connectivity index (χ1) is 26.9. The molecule has 0 saturated carbocycles. The molecule has 2 heterocycles. The number of nitrogens with one attached hydrogen (secondary N) is 2. The average Bonchev–Trinajstić information content (AvgIpc) is 3.22. The van der Waals surface area contributed by atoms with Crippen molar-refractivity contribution < 1.29 is 36.8 Å². The molecule has 2 aliphatic rings. The topological polar surface area (TPSA) is 160 Å². The second-order valence-electron chi connectivity index (χ2n) is 13.9. The molecule has 296 valence electrons. The van der Waals surface area contributed by atoms with Crippen molar-refractivity contribution in [3.05, 3.63) is 124 Å². The fourth-order valence-electron chi connectivity index (χ4n) is 6.87. The molecule has 1 atom stereocenters. The van der Waals surface area contributed by atoms with Crippen LogP contribution in [0.25, 0.3) is 0 Å². The predicted octanol–water partition coefficient (Wildman–Crippen LogP) is 6.15. The first-order valence-corrected chi connectivity index (χ1v) is 20.7. The van der Waals surface area contributed by atoms with E-state index in [1.807, 2.05) is 47.0 Å². The first-order valence-electron chi connectivity index (χ1n) is 18.2. The predicted molar refractivity (Wildman–Crippen MR) is 212 cm³/mol. The van der Waals surface area contributed by atoms with Gasteiger partial charge in [0.15, 0.2) is 0 Å². The third-order valence-electron chi connectivity index (χ3n) is 10.2. The Labute approximate surface area is 329 Å². The fraction of sp³-hybridized carbons (Fsp3) is 0.350. The highest BCUT2D eigenvalue weighted by Gasteiger charge is 2.36. The molecule has 56 heavy (non-hydrogen) atoms. The Morgan fingerprint density at radius 3 is 2.41 bits per heavy atom. The maximum atomic E-state index is 14.4. The van der Waals surface area contributed by atoms with E-state index < -0.39 is 43.0 Å². The number of piperidine rings is 1. The number of ether oxygens (including phenoxy) is 2. The van der Waals surface area contributed by atoms with E-state index in [0.29, 0.717) is 63.2 Å². The van der Waals surface area contributed by atoms with Crippen LogP contribution in [0.5, 0.6) is 0 Å². The second-order valence-corrected chi connectivity index (χ2v) is 16.7. The zero-order valence-corrected chi connectivity index (χ0v) is 32.7. The van der Waals surface area contributed by atoms with Crippen LogP contribution >= 0.6 is 11.8 Å².